The van der Waals surface area contributed by atoms with E-state index in [1.165, 1.54) is 11.8 Å². The molecular formula is C8H10ClN3O2S. The molecule has 0 bridgehead atoms. The number of nitrogens with zero attached hydrogens (tertiary/aromatic N) is 2. The Labute approximate surface area is 96.1 Å². The van der Waals surface area contributed by atoms with Gasteiger partial charge in [-0.15, -0.1) is 11.8 Å². The van der Waals surface area contributed by atoms with Crippen LogP contribution in [0.15, 0.2) is 11.1 Å². The maximum Gasteiger partial charge on any atom is 0.222 e. The van der Waals surface area contributed by atoms with Crippen LogP contribution in [0.25, 0.3) is 0 Å². The molecule has 0 atom stereocenters. The summed E-state index contributed by atoms with van der Waals surface area (Å²) in [5.41, 5.74) is 5.39. The number of thioether (sulfide) groups is 1. The van der Waals surface area contributed by atoms with Gasteiger partial charge in [0.25, 0.3) is 0 Å². The Bertz CT molecular complexity index is 341. The molecule has 82 valence electrons. The highest BCUT2D eigenvalue weighted by atomic mass is 35.5. The SMILES string of the molecule is Nc1nc(Cl)cc(SCCC(=O)CO)n1. The van der Waals surface area contributed by atoms with Crippen LogP contribution in [0.5, 0.6) is 0 Å². The second-order valence-corrected chi connectivity index (χ2v) is 4.18. The summed E-state index contributed by atoms with van der Waals surface area (Å²) in [5, 5.41) is 9.39. The molecule has 1 aromatic heterocycles. The third-order valence-corrected chi connectivity index (χ3v) is 2.60. The number of aliphatic hydroxyl groups is 1. The Morgan fingerprint density at radius 1 is 1.60 bits per heavy atom. The molecule has 1 aromatic rings. The van der Waals surface area contributed by atoms with E-state index in [0.717, 1.165) is 0 Å². The van der Waals surface area contributed by atoms with Crippen molar-refractivity contribution >= 4 is 35.1 Å². The molecule has 0 aliphatic rings. The zero-order chi connectivity index (χ0) is 11.3. The number of aromatic nitrogens is 2. The lowest BCUT2D eigenvalue weighted by Crippen LogP contribution is -2.04. The summed E-state index contributed by atoms with van der Waals surface area (Å²) in [6.07, 6.45) is 0.294. The predicted molar refractivity (Wildman–Crippen MR) is 58.9 cm³/mol. The topological polar surface area (TPSA) is 89.1 Å². The number of carbonyl (C=O) groups is 1. The van der Waals surface area contributed by atoms with Crippen molar-refractivity contribution in [2.45, 2.75) is 11.4 Å². The molecule has 0 spiro atoms. The Hall–Kier alpha value is -0.850. The number of ketones is 1. The van der Waals surface area contributed by atoms with Crippen molar-refractivity contribution in [3.8, 4) is 0 Å². The van der Waals surface area contributed by atoms with E-state index in [4.69, 9.17) is 22.4 Å². The zero-order valence-corrected chi connectivity index (χ0v) is 9.38. The van der Waals surface area contributed by atoms with Crippen LogP contribution in [0.3, 0.4) is 0 Å². The summed E-state index contributed by atoms with van der Waals surface area (Å²) in [5.74, 6) is 0.445. The molecule has 0 aromatic carbocycles. The van der Waals surface area contributed by atoms with E-state index < -0.39 is 6.61 Å². The van der Waals surface area contributed by atoms with Crippen molar-refractivity contribution in [1.29, 1.82) is 0 Å². The average Bonchev–Trinajstić information content (AvgIpc) is 2.16. The first-order valence-corrected chi connectivity index (χ1v) is 5.53. The summed E-state index contributed by atoms with van der Waals surface area (Å²) in [7, 11) is 0. The fourth-order valence-corrected chi connectivity index (χ4v) is 1.98. The molecular weight excluding hydrogens is 238 g/mol. The Kier molecular flexibility index (Phi) is 4.80. The number of carbonyl (C=O) groups excluding carboxylic acids is 1. The van der Waals surface area contributed by atoms with E-state index in [0.29, 0.717) is 17.2 Å². The minimum atomic E-state index is -0.423. The lowest BCUT2D eigenvalue weighted by Gasteiger charge is -2.01. The molecule has 0 saturated carbocycles. The number of halogens is 1. The molecule has 0 fully saturated rings. The van der Waals surface area contributed by atoms with E-state index in [1.54, 1.807) is 6.07 Å². The van der Waals surface area contributed by atoms with Gasteiger partial charge >= 0.3 is 0 Å². The molecule has 0 aliphatic carbocycles. The van der Waals surface area contributed by atoms with Gasteiger partial charge in [-0.1, -0.05) is 11.6 Å². The van der Waals surface area contributed by atoms with E-state index in [-0.39, 0.29) is 16.9 Å². The smallest absolute Gasteiger partial charge is 0.222 e. The molecule has 7 heteroatoms. The maximum atomic E-state index is 10.8. The van der Waals surface area contributed by atoms with Crippen molar-refractivity contribution in [1.82, 2.24) is 9.97 Å². The summed E-state index contributed by atoms with van der Waals surface area (Å²) < 4.78 is 0. The van der Waals surface area contributed by atoms with Gasteiger partial charge < -0.3 is 10.8 Å². The van der Waals surface area contributed by atoms with Gasteiger partial charge in [0, 0.05) is 18.2 Å². The van der Waals surface area contributed by atoms with Gasteiger partial charge in [0.1, 0.15) is 16.8 Å². The second kappa shape index (κ2) is 5.89. The maximum absolute atomic E-state index is 10.8. The molecule has 1 heterocycles. The number of Topliss-reactive ketones (excluding diaryl/α,β-unsaturated/α-hetero) is 1. The highest BCUT2D eigenvalue weighted by Gasteiger charge is 2.03. The Morgan fingerprint density at radius 3 is 2.93 bits per heavy atom. The van der Waals surface area contributed by atoms with E-state index in [1.807, 2.05) is 0 Å². The Balaban J connectivity index is 2.47. The van der Waals surface area contributed by atoms with E-state index in [9.17, 15) is 4.79 Å². The van der Waals surface area contributed by atoms with Crippen molar-refractivity contribution in [3.05, 3.63) is 11.2 Å². The number of hydrogen-bond acceptors (Lipinski definition) is 6. The van der Waals surface area contributed by atoms with Gasteiger partial charge in [0.15, 0.2) is 5.78 Å². The number of hydrogen-bond donors (Lipinski definition) is 2. The van der Waals surface area contributed by atoms with Gasteiger partial charge in [-0.3, -0.25) is 4.79 Å². The highest BCUT2D eigenvalue weighted by molar-refractivity contribution is 7.99. The van der Waals surface area contributed by atoms with E-state index >= 15 is 0 Å². The predicted octanol–water partition coefficient (Wildman–Crippen LogP) is 0.756. The molecule has 0 saturated heterocycles. The third-order valence-electron chi connectivity index (χ3n) is 1.50. The third kappa shape index (κ3) is 4.46. The number of rotatable bonds is 5. The summed E-state index contributed by atoms with van der Waals surface area (Å²) in [6.45, 7) is -0.423. The van der Waals surface area contributed by atoms with Crippen LogP contribution in [-0.2, 0) is 4.79 Å². The van der Waals surface area contributed by atoms with Crippen molar-refractivity contribution < 1.29 is 9.90 Å². The van der Waals surface area contributed by atoms with Crippen LogP contribution in [0, 0.1) is 0 Å². The first-order valence-electron chi connectivity index (χ1n) is 4.17. The first-order chi connectivity index (χ1) is 7.11. The fourth-order valence-electron chi connectivity index (χ4n) is 0.836. The quantitative estimate of drug-likeness (QED) is 0.590. The first kappa shape index (κ1) is 12.2. The average molecular weight is 248 g/mol. The van der Waals surface area contributed by atoms with Crippen LogP contribution in [0.2, 0.25) is 5.15 Å². The molecule has 0 amide bonds. The van der Waals surface area contributed by atoms with Crippen LogP contribution >= 0.6 is 23.4 Å². The fraction of sp³-hybridized carbons (Fsp3) is 0.375. The minimum Gasteiger partial charge on any atom is -0.389 e. The van der Waals surface area contributed by atoms with Gasteiger partial charge in [-0.05, 0) is 0 Å². The standard InChI is InChI=1S/C8H10ClN3O2S/c9-6-3-7(12-8(10)11-6)15-2-1-5(14)4-13/h3,13H,1-2,4H2,(H2,10,11,12). The van der Waals surface area contributed by atoms with Gasteiger partial charge in [-0.25, -0.2) is 9.97 Å². The second-order valence-electron chi connectivity index (χ2n) is 2.68. The number of aliphatic hydroxyl groups excluding tert-OH is 1. The largest absolute Gasteiger partial charge is 0.389 e. The van der Waals surface area contributed by atoms with E-state index in [2.05, 4.69) is 9.97 Å². The monoisotopic (exact) mass is 247 g/mol. The Morgan fingerprint density at radius 2 is 2.33 bits per heavy atom. The molecule has 5 nitrogen and oxygen atoms in total. The van der Waals surface area contributed by atoms with Crippen molar-refractivity contribution in [2.75, 3.05) is 18.1 Å². The number of nitrogen functional groups attached to an aromatic ring is 1. The van der Waals surface area contributed by atoms with Crippen LogP contribution in [-0.4, -0.2) is 33.2 Å². The highest BCUT2D eigenvalue weighted by Crippen LogP contribution is 2.19. The molecule has 0 aliphatic heterocycles. The van der Waals surface area contributed by atoms with Crippen LogP contribution < -0.4 is 5.73 Å². The van der Waals surface area contributed by atoms with Crippen LogP contribution in [0.1, 0.15) is 6.42 Å². The minimum absolute atomic E-state index is 0.110. The van der Waals surface area contributed by atoms with Crippen molar-refractivity contribution in [2.24, 2.45) is 0 Å². The number of anilines is 1. The molecule has 3 N–H and O–H groups in total. The molecule has 1 rings (SSSR count). The van der Waals surface area contributed by atoms with Crippen LogP contribution in [0.4, 0.5) is 5.95 Å². The van der Waals surface area contributed by atoms with Gasteiger partial charge in [0.05, 0.1) is 0 Å². The lowest BCUT2D eigenvalue weighted by atomic mass is 10.3. The van der Waals surface area contributed by atoms with Gasteiger partial charge in [0.2, 0.25) is 5.95 Å². The van der Waals surface area contributed by atoms with Gasteiger partial charge in [-0.2, -0.15) is 0 Å². The summed E-state index contributed by atoms with van der Waals surface area (Å²) in [6, 6.07) is 1.58. The normalized spacial score (nSPS) is 10.3. The molecule has 15 heavy (non-hydrogen) atoms. The van der Waals surface area contributed by atoms with Crippen molar-refractivity contribution in [3.63, 3.8) is 0 Å². The summed E-state index contributed by atoms with van der Waals surface area (Å²) >= 11 is 7.01. The lowest BCUT2D eigenvalue weighted by molar-refractivity contribution is -0.121. The number of nitrogens with two attached hydrogens (primary N) is 1. The zero-order valence-electron chi connectivity index (χ0n) is 7.81. The molecule has 0 radical (unpaired) electrons. The summed E-state index contributed by atoms with van der Waals surface area (Å²) in [4.78, 5) is 18.4. The molecule has 0 unspecified atom stereocenters.